The second-order valence-corrected chi connectivity index (χ2v) is 16.6. The second kappa shape index (κ2) is 17.4. The Morgan fingerprint density at radius 2 is 0.426 bits per heavy atom. The third-order valence-electron chi connectivity index (χ3n) is 12.5. The minimum Gasteiger partial charge on any atom is -0.287 e. The molecule has 3 aromatic carbocycles. The molecule has 0 spiro atoms. The molecular weight excluding hydrogens is 661 g/mol. The van der Waals surface area contributed by atoms with Crippen molar-refractivity contribution in [1.82, 2.24) is 0 Å². The molecule has 282 valence electrons. The maximum atomic E-state index is 5.19. The van der Waals surface area contributed by atoms with Gasteiger partial charge in [-0.3, -0.25) is 30.0 Å². The molecule has 0 amide bonds. The normalized spacial score (nSPS) is 26.1. The number of nitrogens with zero attached hydrogens (tertiary/aromatic N) is 6. The Hall–Kier alpha value is -4.32. The highest BCUT2D eigenvalue weighted by molar-refractivity contribution is 5.90. The van der Waals surface area contributed by atoms with Gasteiger partial charge in [-0.15, -0.1) is 0 Å². The van der Waals surface area contributed by atoms with Gasteiger partial charge in [0.15, 0.2) is 0 Å². The molecule has 0 aromatic heterocycles. The van der Waals surface area contributed by atoms with Crippen molar-refractivity contribution in [3.8, 4) is 0 Å². The van der Waals surface area contributed by atoms with Crippen molar-refractivity contribution in [1.29, 1.82) is 0 Å². The fourth-order valence-corrected chi connectivity index (χ4v) is 8.79. The number of aryl methyl sites for hydroxylation is 6. The molecule has 3 aromatic rings. The summed E-state index contributed by atoms with van der Waals surface area (Å²) in [4.78, 5) is 31.1. The van der Waals surface area contributed by atoms with Gasteiger partial charge in [0.25, 0.3) is 0 Å². The Bertz CT molecular complexity index is 1630. The number of benzene rings is 3. The van der Waals surface area contributed by atoms with E-state index >= 15 is 0 Å². The van der Waals surface area contributed by atoms with Crippen LogP contribution < -0.4 is 0 Å². The number of aliphatic imine (C=N–C) groups is 6. The van der Waals surface area contributed by atoms with E-state index in [1.165, 1.54) is 105 Å². The second-order valence-electron chi connectivity index (χ2n) is 16.6. The molecule has 9 aliphatic rings. The van der Waals surface area contributed by atoms with Gasteiger partial charge >= 0.3 is 0 Å². The van der Waals surface area contributed by atoms with Crippen LogP contribution in [0.3, 0.4) is 0 Å². The zero-order valence-electron chi connectivity index (χ0n) is 33.6. The fraction of sp³-hybridized carbons (Fsp3) is 0.500. The van der Waals surface area contributed by atoms with Crippen molar-refractivity contribution in [2.45, 2.75) is 155 Å². The highest BCUT2D eigenvalue weighted by atomic mass is 14.9. The molecule has 6 heteroatoms. The first-order valence-corrected chi connectivity index (χ1v) is 20.7. The van der Waals surface area contributed by atoms with Crippen LogP contribution in [0.1, 0.15) is 144 Å². The lowest BCUT2D eigenvalue weighted by Gasteiger charge is -2.26. The van der Waals surface area contributed by atoms with Crippen molar-refractivity contribution in [3.63, 3.8) is 0 Å². The molecule has 6 atom stereocenters. The van der Waals surface area contributed by atoms with Crippen LogP contribution in [-0.4, -0.2) is 73.5 Å². The van der Waals surface area contributed by atoms with E-state index in [0.29, 0.717) is 0 Å². The van der Waals surface area contributed by atoms with Gasteiger partial charge in [-0.1, -0.05) is 38.5 Å². The van der Waals surface area contributed by atoms with E-state index in [1.807, 2.05) is 0 Å². The molecule has 6 bridgehead atoms. The summed E-state index contributed by atoms with van der Waals surface area (Å²) in [6, 6.07) is 14.9. The Morgan fingerprint density at radius 1 is 0.278 bits per heavy atom. The maximum Gasteiger partial charge on any atom is 0.0723 e. The first-order chi connectivity index (χ1) is 26.2. The van der Waals surface area contributed by atoms with E-state index < -0.39 is 0 Å². The number of hydrogen-bond acceptors (Lipinski definition) is 6. The van der Waals surface area contributed by atoms with Gasteiger partial charge in [0.05, 0.1) is 36.3 Å². The third-order valence-corrected chi connectivity index (χ3v) is 12.5. The molecule has 3 aliphatic carbocycles. The third kappa shape index (κ3) is 9.13. The predicted octanol–water partition coefficient (Wildman–Crippen LogP) is 10.4. The standard InChI is InChI=1S/C48H60N6/c1-31-19-38-26-50-45-15-9-10-16-46(45)52-28-40-23-36(6)42(24-35(40)5)30-54-48-18-12-11-17-47(48)53-29-41-22-33(3)39(21-34(41)4)27-51-44-14-8-7-13-43(44)49-25-37(31)20-32(38)2/h19-30,43-48H,7-18H2,1-6H3/t43-,44-,45-,46-,47-,48-/m1/s1. The lowest BCUT2D eigenvalue weighted by Crippen LogP contribution is -2.27. The van der Waals surface area contributed by atoms with Crippen LogP contribution >= 0.6 is 0 Å². The molecule has 0 saturated heterocycles. The summed E-state index contributed by atoms with van der Waals surface area (Å²) < 4.78 is 0. The molecule has 6 aliphatic heterocycles. The van der Waals surface area contributed by atoms with E-state index in [9.17, 15) is 0 Å². The van der Waals surface area contributed by atoms with Crippen molar-refractivity contribution < 1.29 is 0 Å². The van der Waals surface area contributed by atoms with E-state index in [2.05, 4.69) is 115 Å². The first kappa shape index (κ1) is 38.0. The lowest BCUT2D eigenvalue weighted by atomic mass is 9.90. The van der Waals surface area contributed by atoms with Gasteiger partial charge in [-0.25, -0.2) is 0 Å². The highest BCUT2D eigenvalue weighted by Gasteiger charge is 2.26. The summed E-state index contributed by atoms with van der Waals surface area (Å²) in [5.41, 5.74) is 14.5. The van der Waals surface area contributed by atoms with Crippen LogP contribution in [0.5, 0.6) is 0 Å². The van der Waals surface area contributed by atoms with Crippen molar-refractivity contribution in [2.24, 2.45) is 30.0 Å². The molecule has 0 unspecified atom stereocenters. The van der Waals surface area contributed by atoms with Gasteiger partial charge in [-0.05, 0) is 183 Å². The highest BCUT2D eigenvalue weighted by Crippen LogP contribution is 2.28. The lowest BCUT2D eigenvalue weighted by molar-refractivity contribution is 0.390. The Morgan fingerprint density at radius 3 is 0.574 bits per heavy atom. The minimum atomic E-state index is 0.199. The molecule has 12 rings (SSSR count). The van der Waals surface area contributed by atoms with Gasteiger partial charge in [-0.2, -0.15) is 0 Å². The van der Waals surface area contributed by atoms with Crippen LogP contribution in [-0.2, 0) is 0 Å². The molecule has 6 nitrogen and oxygen atoms in total. The Balaban J connectivity index is 1.24. The summed E-state index contributed by atoms with van der Waals surface area (Å²) in [5.74, 6) is 0. The van der Waals surface area contributed by atoms with Crippen molar-refractivity contribution in [2.75, 3.05) is 0 Å². The maximum absolute atomic E-state index is 5.19. The van der Waals surface area contributed by atoms with E-state index in [0.717, 1.165) is 38.5 Å². The summed E-state index contributed by atoms with van der Waals surface area (Å²) in [6.07, 6.45) is 26.4. The van der Waals surface area contributed by atoms with Crippen LogP contribution in [0, 0.1) is 41.5 Å². The van der Waals surface area contributed by atoms with Crippen molar-refractivity contribution in [3.05, 3.63) is 103 Å². The smallest absolute Gasteiger partial charge is 0.0723 e. The molecule has 3 fully saturated rings. The molecule has 6 heterocycles. The summed E-state index contributed by atoms with van der Waals surface area (Å²) in [7, 11) is 0. The van der Waals surface area contributed by atoms with E-state index in [1.54, 1.807) is 0 Å². The molecule has 54 heavy (non-hydrogen) atoms. The van der Waals surface area contributed by atoms with Gasteiger partial charge in [0.2, 0.25) is 0 Å². The van der Waals surface area contributed by atoms with Crippen LogP contribution in [0.4, 0.5) is 0 Å². The average molecular weight is 721 g/mol. The van der Waals surface area contributed by atoms with E-state index in [-0.39, 0.29) is 36.3 Å². The van der Waals surface area contributed by atoms with Gasteiger partial charge < -0.3 is 0 Å². The number of rotatable bonds is 0. The quantitative estimate of drug-likeness (QED) is 0.222. The van der Waals surface area contributed by atoms with Crippen LogP contribution in [0.15, 0.2) is 66.4 Å². The topological polar surface area (TPSA) is 74.2 Å². The minimum absolute atomic E-state index is 0.199. The zero-order valence-corrected chi connectivity index (χ0v) is 33.6. The molecular formula is C48H60N6. The number of hydrogen-bond donors (Lipinski definition) is 0. The van der Waals surface area contributed by atoms with Crippen LogP contribution in [0.2, 0.25) is 0 Å². The van der Waals surface area contributed by atoms with E-state index in [4.69, 9.17) is 30.0 Å². The first-order valence-electron chi connectivity index (χ1n) is 20.7. The SMILES string of the molecule is Cc1cc2c(C)cc1C=N[C@@H]1CCCC[C@H]1N=Cc1cc(C)c(cc1C)C=N[C@@H]1CCCC[C@H]1N=Cc1cc(C)c(cc1C)C=N[C@@H]1CCCC[C@H]1N=C2. The average Bonchev–Trinajstić information content (AvgIpc) is 3.17. The molecule has 0 radical (unpaired) electrons. The summed E-state index contributed by atoms with van der Waals surface area (Å²) >= 11 is 0. The van der Waals surface area contributed by atoms with Crippen LogP contribution in [0.25, 0.3) is 0 Å². The zero-order chi connectivity index (χ0) is 37.6. The predicted molar refractivity (Wildman–Crippen MR) is 231 cm³/mol. The Kier molecular flexibility index (Phi) is 12.3. The molecule has 0 N–H and O–H groups in total. The van der Waals surface area contributed by atoms with Crippen molar-refractivity contribution >= 4 is 37.3 Å². The van der Waals surface area contributed by atoms with Gasteiger partial charge in [0, 0.05) is 37.3 Å². The molecule has 3 saturated carbocycles. The van der Waals surface area contributed by atoms with Gasteiger partial charge in [0.1, 0.15) is 0 Å². The summed E-state index contributed by atoms with van der Waals surface area (Å²) in [5, 5.41) is 0. The Labute approximate surface area is 324 Å². The fourth-order valence-electron chi connectivity index (χ4n) is 8.79. The summed E-state index contributed by atoms with van der Waals surface area (Å²) in [6.45, 7) is 13.2. The monoisotopic (exact) mass is 720 g/mol. The largest absolute Gasteiger partial charge is 0.287 e.